The third kappa shape index (κ3) is 3.77. The van der Waals surface area contributed by atoms with Crippen molar-refractivity contribution in [3.8, 4) is 0 Å². The largest absolute Gasteiger partial charge is 0.462 e. The van der Waals surface area contributed by atoms with Gasteiger partial charge in [-0.25, -0.2) is 4.99 Å². The first-order valence-corrected chi connectivity index (χ1v) is 8.39. The maximum Gasteiger partial charge on any atom is 0.266 e. The first-order valence-electron chi connectivity index (χ1n) is 7.58. The quantitative estimate of drug-likeness (QED) is 0.775. The zero-order valence-electron chi connectivity index (χ0n) is 13.6. The van der Waals surface area contributed by atoms with E-state index in [4.69, 9.17) is 9.15 Å². The topological polar surface area (TPSA) is 55.0 Å². The fourth-order valence-corrected chi connectivity index (χ4v) is 3.25. The molecule has 0 spiro atoms. The van der Waals surface area contributed by atoms with Gasteiger partial charge in [0.05, 0.1) is 23.7 Å². The molecule has 1 fully saturated rings. The smallest absolute Gasteiger partial charge is 0.266 e. The van der Waals surface area contributed by atoms with Gasteiger partial charge in [0.25, 0.3) is 5.91 Å². The minimum Gasteiger partial charge on any atom is -0.462 e. The van der Waals surface area contributed by atoms with Crippen LogP contribution in [0, 0.1) is 6.92 Å². The maximum atomic E-state index is 12.7. The van der Waals surface area contributed by atoms with Gasteiger partial charge in [-0.1, -0.05) is 18.2 Å². The molecule has 0 N–H and O–H groups in total. The SMILES string of the molecule is COCCN1C(=O)/C(=C\c2ccc(C)o2)SC1=Nc1ccccc1. The number of nitrogens with zero attached hydrogens (tertiary/aromatic N) is 2. The molecule has 6 heteroatoms. The van der Waals surface area contributed by atoms with Crippen molar-refractivity contribution in [2.45, 2.75) is 6.92 Å². The zero-order chi connectivity index (χ0) is 16.9. The molecule has 2 aromatic rings. The molecule has 0 radical (unpaired) electrons. The van der Waals surface area contributed by atoms with E-state index in [9.17, 15) is 4.79 Å². The summed E-state index contributed by atoms with van der Waals surface area (Å²) < 4.78 is 10.6. The Morgan fingerprint density at radius 2 is 2.04 bits per heavy atom. The number of benzene rings is 1. The number of aliphatic imine (C=N–C) groups is 1. The average Bonchev–Trinajstić information content (AvgIpc) is 3.11. The zero-order valence-corrected chi connectivity index (χ0v) is 14.4. The number of rotatable bonds is 5. The summed E-state index contributed by atoms with van der Waals surface area (Å²) in [6.07, 6.45) is 1.76. The molecule has 0 unspecified atom stereocenters. The Balaban J connectivity index is 1.90. The van der Waals surface area contributed by atoms with E-state index in [1.165, 1.54) is 11.8 Å². The molecular formula is C18H18N2O3S. The Morgan fingerprint density at radius 3 is 2.71 bits per heavy atom. The summed E-state index contributed by atoms with van der Waals surface area (Å²) in [4.78, 5) is 19.5. The molecule has 124 valence electrons. The highest BCUT2D eigenvalue weighted by molar-refractivity contribution is 8.18. The minimum atomic E-state index is -0.0826. The lowest BCUT2D eigenvalue weighted by molar-refractivity contribution is -0.122. The lowest BCUT2D eigenvalue weighted by atomic mass is 10.3. The van der Waals surface area contributed by atoms with Gasteiger partial charge in [0, 0.05) is 13.2 Å². The first-order chi connectivity index (χ1) is 11.7. The Labute approximate surface area is 145 Å². The number of amides is 1. The van der Waals surface area contributed by atoms with Gasteiger partial charge in [-0.3, -0.25) is 9.69 Å². The molecule has 5 nitrogen and oxygen atoms in total. The van der Waals surface area contributed by atoms with Gasteiger partial charge in [-0.2, -0.15) is 0 Å². The number of hydrogen-bond donors (Lipinski definition) is 0. The number of para-hydroxylation sites is 1. The van der Waals surface area contributed by atoms with E-state index in [2.05, 4.69) is 4.99 Å². The molecule has 1 aliphatic rings. The Bertz CT molecular complexity index is 781. The second kappa shape index (κ2) is 7.51. The van der Waals surface area contributed by atoms with Crippen molar-refractivity contribution in [3.63, 3.8) is 0 Å². The van der Waals surface area contributed by atoms with Gasteiger partial charge in [0.2, 0.25) is 0 Å². The number of furan rings is 1. The lowest BCUT2D eigenvalue weighted by Crippen LogP contribution is -2.32. The summed E-state index contributed by atoms with van der Waals surface area (Å²) in [5.74, 6) is 1.39. The van der Waals surface area contributed by atoms with E-state index in [0.717, 1.165) is 11.4 Å². The molecular weight excluding hydrogens is 324 g/mol. The summed E-state index contributed by atoms with van der Waals surface area (Å²) >= 11 is 1.35. The second-order valence-corrected chi connectivity index (χ2v) is 6.25. The molecule has 1 aromatic carbocycles. The van der Waals surface area contributed by atoms with E-state index in [1.807, 2.05) is 49.4 Å². The van der Waals surface area contributed by atoms with Crippen molar-refractivity contribution in [1.82, 2.24) is 4.90 Å². The van der Waals surface area contributed by atoms with Crippen molar-refractivity contribution in [3.05, 3.63) is 58.9 Å². The Hall–Kier alpha value is -2.31. The van der Waals surface area contributed by atoms with E-state index in [1.54, 1.807) is 18.1 Å². The lowest BCUT2D eigenvalue weighted by Gasteiger charge is -2.14. The normalized spacial score (nSPS) is 18.1. The highest BCUT2D eigenvalue weighted by Gasteiger charge is 2.33. The number of carbonyl (C=O) groups is 1. The van der Waals surface area contributed by atoms with Crippen LogP contribution in [-0.4, -0.2) is 36.2 Å². The van der Waals surface area contributed by atoms with E-state index < -0.39 is 0 Å². The predicted molar refractivity (Wildman–Crippen MR) is 96.1 cm³/mol. The van der Waals surface area contributed by atoms with E-state index >= 15 is 0 Å². The van der Waals surface area contributed by atoms with Crippen LogP contribution in [-0.2, 0) is 9.53 Å². The average molecular weight is 342 g/mol. The van der Waals surface area contributed by atoms with Crippen molar-refractivity contribution in [2.75, 3.05) is 20.3 Å². The van der Waals surface area contributed by atoms with Crippen LogP contribution in [0.3, 0.4) is 0 Å². The van der Waals surface area contributed by atoms with Crippen LogP contribution in [0.5, 0.6) is 0 Å². The number of hydrogen-bond acceptors (Lipinski definition) is 5. The van der Waals surface area contributed by atoms with Gasteiger partial charge in [0.1, 0.15) is 11.5 Å². The molecule has 1 amide bonds. The van der Waals surface area contributed by atoms with Gasteiger partial charge in [0.15, 0.2) is 5.17 Å². The van der Waals surface area contributed by atoms with Gasteiger partial charge in [-0.15, -0.1) is 0 Å². The Kier molecular flexibility index (Phi) is 5.17. The van der Waals surface area contributed by atoms with Crippen LogP contribution in [0.15, 0.2) is 56.8 Å². The highest BCUT2D eigenvalue weighted by atomic mass is 32.2. The number of methoxy groups -OCH3 is 1. The third-order valence-electron chi connectivity index (χ3n) is 3.42. The molecule has 0 saturated carbocycles. The molecule has 3 rings (SSSR count). The maximum absolute atomic E-state index is 12.7. The molecule has 2 heterocycles. The fraction of sp³-hybridized carbons (Fsp3) is 0.222. The number of amidine groups is 1. The molecule has 1 saturated heterocycles. The summed E-state index contributed by atoms with van der Waals surface area (Å²) in [6.45, 7) is 2.79. The van der Waals surface area contributed by atoms with Crippen molar-refractivity contribution in [1.29, 1.82) is 0 Å². The van der Waals surface area contributed by atoms with Crippen LogP contribution in [0.1, 0.15) is 11.5 Å². The standard InChI is InChI=1S/C18H18N2O3S/c1-13-8-9-15(23-13)12-16-17(21)20(10-11-22-2)18(24-16)19-14-6-4-3-5-7-14/h3-9,12H,10-11H2,1-2H3/b16-12+,19-18?. The third-order valence-corrected chi connectivity index (χ3v) is 4.43. The number of thioether (sulfide) groups is 1. The van der Waals surface area contributed by atoms with Crippen molar-refractivity contribution in [2.24, 2.45) is 4.99 Å². The predicted octanol–water partition coefficient (Wildman–Crippen LogP) is 3.84. The molecule has 0 aliphatic carbocycles. The monoisotopic (exact) mass is 342 g/mol. The summed E-state index contributed by atoms with van der Waals surface area (Å²) in [6, 6.07) is 13.3. The van der Waals surface area contributed by atoms with Crippen LogP contribution < -0.4 is 0 Å². The van der Waals surface area contributed by atoms with E-state index in [0.29, 0.717) is 29.0 Å². The minimum absolute atomic E-state index is 0.0826. The van der Waals surface area contributed by atoms with Crippen molar-refractivity contribution >= 4 is 34.6 Å². The molecule has 0 atom stereocenters. The number of aryl methyl sites for hydroxylation is 1. The summed E-state index contributed by atoms with van der Waals surface area (Å²) in [5, 5.41) is 0.651. The molecule has 1 aliphatic heterocycles. The highest BCUT2D eigenvalue weighted by Crippen LogP contribution is 2.34. The molecule has 24 heavy (non-hydrogen) atoms. The van der Waals surface area contributed by atoms with Crippen LogP contribution in [0.2, 0.25) is 0 Å². The van der Waals surface area contributed by atoms with Gasteiger partial charge < -0.3 is 9.15 Å². The molecule has 1 aromatic heterocycles. The summed E-state index contributed by atoms with van der Waals surface area (Å²) in [5.41, 5.74) is 0.810. The van der Waals surface area contributed by atoms with Crippen molar-refractivity contribution < 1.29 is 13.9 Å². The first kappa shape index (κ1) is 16.5. The Morgan fingerprint density at radius 1 is 1.25 bits per heavy atom. The van der Waals surface area contributed by atoms with Crippen LogP contribution >= 0.6 is 11.8 Å². The van der Waals surface area contributed by atoms with Gasteiger partial charge >= 0.3 is 0 Å². The van der Waals surface area contributed by atoms with E-state index in [-0.39, 0.29) is 5.91 Å². The van der Waals surface area contributed by atoms with Crippen LogP contribution in [0.25, 0.3) is 6.08 Å². The van der Waals surface area contributed by atoms with Gasteiger partial charge in [-0.05, 0) is 43.0 Å². The second-order valence-electron chi connectivity index (χ2n) is 5.24. The van der Waals surface area contributed by atoms with Crippen LogP contribution in [0.4, 0.5) is 5.69 Å². The number of carbonyl (C=O) groups excluding carboxylic acids is 1. The fourth-order valence-electron chi connectivity index (χ4n) is 2.24. The number of ether oxygens (including phenoxy) is 1. The molecule has 0 bridgehead atoms. The summed E-state index contributed by atoms with van der Waals surface area (Å²) in [7, 11) is 1.62.